The highest BCUT2D eigenvalue weighted by atomic mass is 16.5. The molecule has 1 aliphatic heterocycles. The summed E-state index contributed by atoms with van der Waals surface area (Å²) in [6, 6.07) is 11.7. The highest BCUT2D eigenvalue weighted by Gasteiger charge is 2.26. The number of hydrogen-bond acceptors (Lipinski definition) is 6. The van der Waals surface area contributed by atoms with Gasteiger partial charge in [-0.2, -0.15) is 0 Å². The molecule has 1 N–H and O–H groups in total. The molecule has 8 nitrogen and oxygen atoms in total. The SMILES string of the molecule is COc1ccccc1Cc1ccc(C(=O)N2CCCC(Cc3nccnc3-c3ncc[nH]3)C2)cn1. The van der Waals surface area contributed by atoms with Gasteiger partial charge < -0.3 is 14.6 Å². The van der Waals surface area contributed by atoms with E-state index in [0.717, 1.165) is 60.0 Å². The van der Waals surface area contributed by atoms with Gasteiger partial charge in [-0.05, 0) is 43.4 Å². The molecule has 178 valence electrons. The molecular formula is C27H28N6O2. The van der Waals surface area contributed by atoms with Crippen molar-refractivity contribution in [1.29, 1.82) is 0 Å². The normalized spacial score (nSPS) is 15.7. The number of carbonyl (C=O) groups is 1. The lowest BCUT2D eigenvalue weighted by Crippen LogP contribution is -2.40. The van der Waals surface area contributed by atoms with E-state index >= 15 is 0 Å². The topological polar surface area (TPSA) is 96.9 Å². The lowest BCUT2D eigenvalue weighted by Gasteiger charge is -2.33. The molecule has 4 aromatic rings. The molecular weight excluding hydrogens is 440 g/mol. The maximum atomic E-state index is 13.2. The Morgan fingerprint density at radius 1 is 1.09 bits per heavy atom. The van der Waals surface area contributed by atoms with Crippen molar-refractivity contribution in [2.75, 3.05) is 20.2 Å². The Kier molecular flexibility index (Phi) is 6.79. The Morgan fingerprint density at radius 2 is 1.97 bits per heavy atom. The van der Waals surface area contributed by atoms with Gasteiger partial charge in [-0.25, -0.2) is 9.97 Å². The first-order valence-corrected chi connectivity index (χ1v) is 11.9. The van der Waals surface area contributed by atoms with Crippen LogP contribution >= 0.6 is 0 Å². The predicted molar refractivity (Wildman–Crippen MR) is 132 cm³/mol. The van der Waals surface area contributed by atoms with Crippen molar-refractivity contribution >= 4 is 5.91 Å². The number of amides is 1. The molecule has 0 bridgehead atoms. The van der Waals surface area contributed by atoms with Crippen LogP contribution in [0, 0.1) is 5.92 Å². The second kappa shape index (κ2) is 10.5. The summed E-state index contributed by atoms with van der Waals surface area (Å²) in [5, 5.41) is 0. The number of para-hydroxylation sites is 1. The number of carbonyl (C=O) groups excluding carboxylic acids is 1. The highest BCUT2D eigenvalue weighted by molar-refractivity contribution is 5.94. The van der Waals surface area contributed by atoms with Gasteiger partial charge in [-0.3, -0.25) is 14.8 Å². The molecule has 1 fully saturated rings. The van der Waals surface area contributed by atoms with Gasteiger partial charge in [0.15, 0.2) is 5.82 Å². The van der Waals surface area contributed by atoms with Crippen LogP contribution in [0.1, 0.15) is 40.2 Å². The van der Waals surface area contributed by atoms with Crippen LogP contribution in [0.5, 0.6) is 5.75 Å². The van der Waals surface area contributed by atoms with Crippen molar-refractivity contribution in [2.45, 2.75) is 25.7 Å². The van der Waals surface area contributed by atoms with Gasteiger partial charge >= 0.3 is 0 Å². The van der Waals surface area contributed by atoms with Crippen LogP contribution in [-0.2, 0) is 12.8 Å². The molecule has 1 atom stereocenters. The number of H-pyrrole nitrogens is 1. The molecule has 1 unspecified atom stereocenters. The zero-order valence-electron chi connectivity index (χ0n) is 19.7. The summed E-state index contributed by atoms with van der Waals surface area (Å²) in [7, 11) is 1.67. The fourth-order valence-electron chi connectivity index (χ4n) is 4.68. The van der Waals surface area contributed by atoms with Crippen LogP contribution in [-0.4, -0.2) is 55.9 Å². The highest BCUT2D eigenvalue weighted by Crippen LogP contribution is 2.25. The molecule has 1 amide bonds. The lowest BCUT2D eigenvalue weighted by atomic mass is 9.92. The first kappa shape index (κ1) is 22.7. The number of pyridine rings is 1. The van der Waals surface area contributed by atoms with Gasteiger partial charge in [-0.15, -0.1) is 0 Å². The molecule has 1 aliphatic rings. The number of ether oxygens (including phenoxy) is 1. The van der Waals surface area contributed by atoms with Crippen molar-refractivity contribution in [3.05, 3.63) is 89.9 Å². The van der Waals surface area contributed by atoms with Gasteiger partial charge in [0.25, 0.3) is 5.91 Å². The summed E-state index contributed by atoms with van der Waals surface area (Å²) >= 11 is 0. The minimum atomic E-state index is 0.0245. The number of aromatic nitrogens is 5. The molecule has 0 saturated carbocycles. The van der Waals surface area contributed by atoms with E-state index in [1.165, 1.54) is 0 Å². The Hall–Kier alpha value is -4.07. The summed E-state index contributed by atoms with van der Waals surface area (Å²) in [6.07, 6.45) is 12.0. The van der Waals surface area contributed by atoms with Crippen LogP contribution < -0.4 is 4.74 Å². The maximum Gasteiger partial charge on any atom is 0.255 e. The number of nitrogens with one attached hydrogen (secondary N) is 1. The van der Waals surface area contributed by atoms with E-state index in [-0.39, 0.29) is 5.91 Å². The van der Waals surface area contributed by atoms with Crippen LogP contribution in [0.25, 0.3) is 11.5 Å². The quantitative estimate of drug-likeness (QED) is 0.441. The average Bonchev–Trinajstić information content (AvgIpc) is 3.44. The van der Waals surface area contributed by atoms with Crippen molar-refractivity contribution in [3.8, 4) is 17.3 Å². The molecule has 3 aromatic heterocycles. The van der Waals surface area contributed by atoms with Gasteiger partial charge in [0.05, 0.1) is 18.4 Å². The summed E-state index contributed by atoms with van der Waals surface area (Å²) in [4.78, 5) is 36.2. The summed E-state index contributed by atoms with van der Waals surface area (Å²) in [6.45, 7) is 1.44. The number of aromatic amines is 1. The minimum absolute atomic E-state index is 0.0245. The largest absolute Gasteiger partial charge is 0.496 e. The molecule has 0 aliphatic carbocycles. The Bertz CT molecular complexity index is 1270. The first-order valence-electron chi connectivity index (χ1n) is 11.9. The van der Waals surface area contributed by atoms with Crippen LogP contribution in [0.3, 0.4) is 0 Å². The third-order valence-electron chi connectivity index (χ3n) is 6.42. The monoisotopic (exact) mass is 468 g/mol. The first-order chi connectivity index (χ1) is 17.2. The Balaban J connectivity index is 1.24. The second-order valence-corrected chi connectivity index (χ2v) is 8.78. The predicted octanol–water partition coefficient (Wildman–Crippen LogP) is 3.96. The van der Waals surface area contributed by atoms with Crippen molar-refractivity contribution < 1.29 is 9.53 Å². The number of likely N-dealkylation sites (tertiary alicyclic amines) is 1. The van der Waals surface area contributed by atoms with E-state index in [4.69, 9.17) is 4.74 Å². The third-order valence-corrected chi connectivity index (χ3v) is 6.42. The fourth-order valence-corrected chi connectivity index (χ4v) is 4.68. The van der Waals surface area contributed by atoms with E-state index in [9.17, 15) is 4.79 Å². The lowest BCUT2D eigenvalue weighted by molar-refractivity contribution is 0.0672. The molecule has 4 heterocycles. The van der Waals surface area contributed by atoms with Crippen molar-refractivity contribution in [2.24, 2.45) is 5.92 Å². The maximum absolute atomic E-state index is 13.2. The number of hydrogen-bond donors (Lipinski definition) is 1. The Morgan fingerprint density at radius 3 is 2.77 bits per heavy atom. The Labute approximate surface area is 204 Å². The van der Waals surface area contributed by atoms with E-state index in [0.29, 0.717) is 24.4 Å². The van der Waals surface area contributed by atoms with Crippen LogP contribution in [0.4, 0.5) is 0 Å². The number of methoxy groups -OCH3 is 1. The standard InChI is InChI=1S/C27H28N6O2/c1-35-24-7-3-2-6-20(24)16-22-9-8-21(17-32-22)27(34)33-14-4-5-19(18-33)15-23-25(29-11-10-28-23)26-30-12-13-31-26/h2-3,6-13,17,19H,4-5,14-16,18H2,1H3,(H,30,31). The smallest absolute Gasteiger partial charge is 0.255 e. The van der Waals surface area contributed by atoms with Gasteiger partial charge in [0.1, 0.15) is 11.4 Å². The molecule has 1 saturated heterocycles. The molecule has 8 heteroatoms. The summed E-state index contributed by atoms with van der Waals surface area (Å²) in [5.41, 5.74) is 4.26. The second-order valence-electron chi connectivity index (χ2n) is 8.78. The van der Waals surface area contributed by atoms with Crippen LogP contribution in [0.15, 0.2) is 67.4 Å². The zero-order chi connectivity index (χ0) is 24.0. The molecule has 5 rings (SSSR count). The number of benzene rings is 1. The molecule has 35 heavy (non-hydrogen) atoms. The van der Waals surface area contributed by atoms with Gasteiger partial charge in [0, 0.05) is 61.8 Å². The zero-order valence-corrected chi connectivity index (χ0v) is 19.7. The van der Waals surface area contributed by atoms with Gasteiger partial charge in [0.2, 0.25) is 0 Å². The van der Waals surface area contributed by atoms with E-state index in [1.807, 2.05) is 41.3 Å². The summed E-state index contributed by atoms with van der Waals surface area (Å²) in [5.74, 6) is 1.90. The fraction of sp³-hybridized carbons (Fsp3) is 0.296. The van der Waals surface area contributed by atoms with Crippen LogP contribution in [0.2, 0.25) is 0 Å². The van der Waals surface area contributed by atoms with E-state index in [2.05, 4.69) is 24.9 Å². The number of nitrogens with zero attached hydrogens (tertiary/aromatic N) is 5. The van der Waals surface area contributed by atoms with E-state index in [1.54, 1.807) is 38.1 Å². The third kappa shape index (κ3) is 5.21. The number of rotatable bonds is 7. The van der Waals surface area contributed by atoms with E-state index < -0.39 is 0 Å². The van der Waals surface area contributed by atoms with Gasteiger partial charge in [-0.1, -0.05) is 18.2 Å². The average molecular weight is 469 g/mol. The van der Waals surface area contributed by atoms with Crippen molar-refractivity contribution in [1.82, 2.24) is 29.8 Å². The molecule has 1 aromatic carbocycles. The summed E-state index contributed by atoms with van der Waals surface area (Å²) < 4.78 is 5.44. The number of piperidine rings is 1. The number of imidazole rings is 1. The van der Waals surface area contributed by atoms with Crippen molar-refractivity contribution in [3.63, 3.8) is 0 Å². The minimum Gasteiger partial charge on any atom is -0.496 e. The molecule has 0 spiro atoms. The molecule has 0 radical (unpaired) electrons.